The van der Waals surface area contributed by atoms with E-state index in [1.165, 1.54) is 12.1 Å². The molecule has 5 heteroatoms. The average molecular weight is 230 g/mol. The van der Waals surface area contributed by atoms with Crippen molar-refractivity contribution in [3.8, 4) is 0 Å². The lowest BCUT2D eigenvalue weighted by Crippen LogP contribution is -2.01. The fraction of sp³-hybridized carbons (Fsp3) is 0.500. The topological polar surface area (TPSA) is 67.5 Å². The lowest BCUT2D eigenvalue weighted by Gasteiger charge is -2.01. The molecule has 0 amide bonds. The molecule has 84 valence electrons. The summed E-state index contributed by atoms with van der Waals surface area (Å²) in [5.74, 6) is -0.322. The molecule has 0 aliphatic carbocycles. The molecule has 1 rings (SSSR count). The standard InChI is InChI=1S/C10H14O4S/c1-7(2)5-6-15(13)9-4-3-8(14-9)10(11)12/h3-4,7H,5-6H2,1-2H3,(H,11,12). The second kappa shape index (κ2) is 5.11. The molecule has 0 fully saturated rings. The molecule has 1 atom stereocenters. The number of carbonyl (C=O) groups is 1. The highest BCUT2D eigenvalue weighted by Crippen LogP contribution is 2.14. The van der Waals surface area contributed by atoms with Crippen LogP contribution in [0.1, 0.15) is 30.8 Å². The van der Waals surface area contributed by atoms with Crippen LogP contribution in [0, 0.1) is 5.92 Å². The first-order chi connectivity index (χ1) is 7.00. The second-order valence-corrected chi connectivity index (χ2v) is 5.16. The minimum Gasteiger partial charge on any atom is -0.475 e. The highest BCUT2D eigenvalue weighted by Gasteiger charge is 2.13. The minimum absolute atomic E-state index is 0.164. The van der Waals surface area contributed by atoms with Gasteiger partial charge >= 0.3 is 5.97 Å². The van der Waals surface area contributed by atoms with Crippen LogP contribution in [-0.4, -0.2) is 21.0 Å². The number of hydrogen-bond donors (Lipinski definition) is 1. The fourth-order valence-corrected chi connectivity index (χ4v) is 2.29. The number of carboxylic acids is 1. The average Bonchev–Trinajstić information content (AvgIpc) is 2.62. The zero-order valence-electron chi connectivity index (χ0n) is 8.73. The Kier molecular flexibility index (Phi) is 4.08. The summed E-state index contributed by atoms with van der Waals surface area (Å²) >= 11 is 0. The van der Waals surface area contributed by atoms with Gasteiger partial charge in [-0.2, -0.15) is 0 Å². The Morgan fingerprint density at radius 3 is 2.67 bits per heavy atom. The van der Waals surface area contributed by atoms with Crippen LogP contribution in [0.25, 0.3) is 0 Å². The first-order valence-corrected chi connectivity index (χ1v) is 6.04. The number of carboxylic acid groups (broad SMARTS) is 1. The molecule has 0 aromatic carbocycles. The molecule has 0 aliphatic rings. The van der Waals surface area contributed by atoms with Crippen molar-refractivity contribution in [2.45, 2.75) is 25.4 Å². The van der Waals surface area contributed by atoms with Crippen LogP contribution in [0.3, 0.4) is 0 Å². The first-order valence-electron chi connectivity index (χ1n) is 4.72. The van der Waals surface area contributed by atoms with Crippen molar-refractivity contribution in [2.75, 3.05) is 5.75 Å². The Morgan fingerprint density at radius 1 is 1.53 bits per heavy atom. The van der Waals surface area contributed by atoms with E-state index in [-0.39, 0.29) is 10.9 Å². The van der Waals surface area contributed by atoms with Gasteiger partial charge in [-0.1, -0.05) is 13.8 Å². The molecule has 1 heterocycles. The third-order valence-corrected chi connectivity index (χ3v) is 3.17. The molecule has 15 heavy (non-hydrogen) atoms. The van der Waals surface area contributed by atoms with E-state index in [9.17, 15) is 9.00 Å². The van der Waals surface area contributed by atoms with Crippen LogP contribution in [0.2, 0.25) is 0 Å². The zero-order valence-corrected chi connectivity index (χ0v) is 9.54. The first kappa shape index (κ1) is 12.0. The highest BCUT2D eigenvalue weighted by molar-refractivity contribution is 7.84. The maximum atomic E-state index is 11.6. The summed E-state index contributed by atoms with van der Waals surface area (Å²) in [6, 6.07) is 2.78. The summed E-state index contributed by atoms with van der Waals surface area (Å²) in [6.07, 6.45) is 0.829. The summed E-state index contributed by atoms with van der Waals surface area (Å²) in [4.78, 5) is 10.5. The van der Waals surface area contributed by atoms with E-state index in [0.717, 1.165) is 6.42 Å². The van der Waals surface area contributed by atoms with Crippen LogP contribution in [0.15, 0.2) is 21.6 Å². The molecular formula is C10H14O4S. The monoisotopic (exact) mass is 230 g/mol. The van der Waals surface area contributed by atoms with Crippen LogP contribution in [-0.2, 0) is 10.8 Å². The molecular weight excluding hydrogens is 216 g/mol. The van der Waals surface area contributed by atoms with Crippen LogP contribution in [0.4, 0.5) is 0 Å². The molecule has 0 spiro atoms. The Bertz CT molecular complexity index is 367. The summed E-state index contributed by atoms with van der Waals surface area (Å²) in [6.45, 7) is 4.09. The Balaban J connectivity index is 2.62. The van der Waals surface area contributed by atoms with Crippen molar-refractivity contribution in [3.05, 3.63) is 17.9 Å². The van der Waals surface area contributed by atoms with E-state index in [2.05, 4.69) is 0 Å². The zero-order chi connectivity index (χ0) is 11.4. The summed E-state index contributed by atoms with van der Waals surface area (Å²) in [7, 11) is -1.23. The van der Waals surface area contributed by atoms with Crippen molar-refractivity contribution in [1.82, 2.24) is 0 Å². The summed E-state index contributed by atoms with van der Waals surface area (Å²) < 4.78 is 16.5. The lowest BCUT2D eigenvalue weighted by molar-refractivity contribution is 0.0656. The maximum absolute atomic E-state index is 11.6. The van der Waals surface area contributed by atoms with Gasteiger partial charge in [-0.3, -0.25) is 4.21 Å². The molecule has 0 aliphatic heterocycles. The van der Waals surface area contributed by atoms with E-state index in [0.29, 0.717) is 11.7 Å². The SMILES string of the molecule is CC(C)CCS(=O)c1ccc(C(=O)O)o1. The number of rotatable bonds is 5. The van der Waals surface area contributed by atoms with Crippen molar-refractivity contribution < 1.29 is 18.5 Å². The van der Waals surface area contributed by atoms with Crippen LogP contribution in [0.5, 0.6) is 0 Å². The Hall–Kier alpha value is -1.10. The third-order valence-electron chi connectivity index (χ3n) is 1.90. The van der Waals surface area contributed by atoms with Gasteiger partial charge in [0.2, 0.25) is 5.76 Å². The van der Waals surface area contributed by atoms with Gasteiger partial charge in [0, 0.05) is 5.75 Å². The molecule has 4 nitrogen and oxygen atoms in total. The highest BCUT2D eigenvalue weighted by atomic mass is 32.2. The van der Waals surface area contributed by atoms with Crippen molar-refractivity contribution in [1.29, 1.82) is 0 Å². The molecule has 0 saturated carbocycles. The lowest BCUT2D eigenvalue weighted by atomic mass is 10.2. The van der Waals surface area contributed by atoms with E-state index in [4.69, 9.17) is 9.52 Å². The Morgan fingerprint density at radius 2 is 2.20 bits per heavy atom. The van der Waals surface area contributed by atoms with Crippen molar-refractivity contribution in [2.24, 2.45) is 5.92 Å². The van der Waals surface area contributed by atoms with E-state index >= 15 is 0 Å². The van der Waals surface area contributed by atoms with E-state index < -0.39 is 16.8 Å². The predicted molar refractivity (Wildman–Crippen MR) is 56.4 cm³/mol. The van der Waals surface area contributed by atoms with Gasteiger partial charge in [0.1, 0.15) is 0 Å². The van der Waals surface area contributed by atoms with Gasteiger partial charge in [-0.15, -0.1) is 0 Å². The van der Waals surface area contributed by atoms with E-state index in [1.807, 2.05) is 13.8 Å². The third kappa shape index (κ3) is 3.51. The Labute approximate surface area is 90.7 Å². The molecule has 1 unspecified atom stereocenters. The predicted octanol–water partition coefficient (Wildman–Crippen LogP) is 2.13. The summed E-state index contributed by atoms with van der Waals surface area (Å²) in [5, 5.41) is 8.85. The van der Waals surface area contributed by atoms with Crippen LogP contribution < -0.4 is 0 Å². The maximum Gasteiger partial charge on any atom is 0.371 e. The molecule has 0 radical (unpaired) electrons. The smallest absolute Gasteiger partial charge is 0.371 e. The van der Waals surface area contributed by atoms with Crippen molar-refractivity contribution >= 4 is 16.8 Å². The van der Waals surface area contributed by atoms with E-state index in [1.54, 1.807) is 0 Å². The molecule has 0 saturated heterocycles. The number of aromatic carboxylic acids is 1. The van der Waals surface area contributed by atoms with Gasteiger partial charge in [0.15, 0.2) is 5.09 Å². The van der Waals surface area contributed by atoms with Crippen LogP contribution >= 0.6 is 0 Å². The van der Waals surface area contributed by atoms with Crippen molar-refractivity contribution in [3.63, 3.8) is 0 Å². The second-order valence-electron chi connectivity index (χ2n) is 3.66. The quantitative estimate of drug-likeness (QED) is 0.841. The largest absolute Gasteiger partial charge is 0.475 e. The van der Waals surface area contributed by atoms with Gasteiger partial charge in [-0.05, 0) is 24.5 Å². The fourth-order valence-electron chi connectivity index (χ4n) is 1.00. The van der Waals surface area contributed by atoms with Gasteiger partial charge in [-0.25, -0.2) is 4.79 Å². The normalized spacial score (nSPS) is 13.0. The van der Waals surface area contributed by atoms with Gasteiger partial charge < -0.3 is 9.52 Å². The van der Waals surface area contributed by atoms with Gasteiger partial charge in [0.25, 0.3) is 0 Å². The number of hydrogen-bond acceptors (Lipinski definition) is 3. The molecule has 1 aromatic rings. The summed E-state index contributed by atoms with van der Waals surface area (Å²) in [5.41, 5.74) is 0. The molecule has 1 aromatic heterocycles. The molecule has 1 N–H and O–H groups in total. The van der Waals surface area contributed by atoms with Gasteiger partial charge in [0.05, 0.1) is 10.8 Å². The molecule has 0 bridgehead atoms. The number of furan rings is 1. The minimum atomic E-state index is -1.23.